The molecule has 1 rings (SSSR count). The van der Waals surface area contributed by atoms with Gasteiger partial charge in [0, 0.05) is 5.92 Å². The molecule has 1 heterocycles. The number of hydrogen-bond acceptors (Lipinski definition) is 4. The van der Waals surface area contributed by atoms with Crippen molar-refractivity contribution in [2.75, 3.05) is 13.2 Å². The van der Waals surface area contributed by atoms with E-state index in [1.807, 2.05) is 0 Å². The summed E-state index contributed by atoms with van der Waals surface area (Å²) in [5, 5.41) is 19.0. The van der Waals surface area contributed by atoms with E-state index < -0.39 is 12.0 Å². The normalized spacial score (nSPS) is 27.2. The quantitative estimate of drug-likeness (QED) is 0.667. The van der Waals surface area contributed by atoms with Gasteiger partial charge < -0.3 is 14.9 Å². The lowest BCUT2D eigenvalue weighted by Gasteiger charge is -2.19. The van der Waals surface area contributed by atoms with Crippen molar-refractivity contribution in [2.45, 2.75) is 39.2 Å². The summed E-state index contributed by atoms with van der Waals surface area (Å²) in [5.41, 5.74) is 0. The molecule has 0 amide bonds. The highest BCUT2D eigenvalue weighted by molar-refractivity contribution is 5.75. The third-order valence-corrected chi connectivity index (χ3v) is 3.15. The number of carbonyl (C=O) groups excluding carboxylic acids is 1. The largest absolute Gasteiger partial charge is 0.465 e. The van der Waals surface area contributed by atoms with Gasteiger partial charge in [0.1, 0.15) is 0 Å². The van der Waals surface area contributed by atoms with Gasteiger partial charge in [-0.2, -0.15) is 0 Å². The molecule has 0 unspecified atom stereocenters. The molecule has 1 saturated heterocycles. The molecule has 0 aromatic carbocycles. The van der Waals surface area contributed by atoms with Crippen LogP contribution in [0.1, 0.15) is 33.1 Å². The molecule has 0 spiro atoms. The number of aliphatic hydroxyl groups is 2. The van der Waals surface area contributed by atoms with E-state index in [2.05, 4.69) is 13.8 Å². The molecule has 4 nitrogen and oxygen atoms in total. The van der Waals surface area contributed by atoms with Gasteiger partial charge in [-0.25, -0.2) is 0 Å². The van der Waals surface area contributed by atoms with Crippen molar-refractivity contribution < 1.29 is 19.7 Å². The Balaban J connectivity index is 2.39. The molecule has 3 atom stereocenters. The SMILES string of the molecule is CC(C)CCC[C@H](O)[C@H]1C(=O)OC[C@@H]1CO. The Bertz CT molecular complexity index is 227. The second kappa shape index (κ2) is 6.21. The lowest BCUT2D eigenvalue weighted by atomic mass is 9.87. The van der Waals surface area contributed by atoms with Crippen LogP contribution in [0.25, 0.3) is 0 Å². The molecule has 0 aliphatic carbocycles. The van der Waals surface area contributed by atoms with E-state index in [0.717, 1.165) is 12.8 Å². The molecule has 0 radical (unpaired) electrons. The Kier molecular flexibility index (Phi) is 5.22. The molecule has 2 N–H and O–H groups in total. The van der Waals surface area contributed by atoms with Gasteiger partial charge in [-0.1, -0.05) is 26.7 Å². The van der Waals surface area contributed by atoms with Gasteiger partial charge >= 0.3 is 5.97 Å². The Morgan fingerprint density at radius 3 is 2.69 bits per heavy atom. The molecule has 94 valence electrons. The predicted octanol–water partition coefficient (Wildman–Crippen LogP) is 0.955. The van der Waals surface area contributed by atoms with Gasteiger partial charge in [-0.3, -0.25) is 4.79 Å². The number of aliphatic hydroxyl groups excluding tert-OH is 2. The number of cyclic esters (lactones) is 1. The third kappa shape index (κ3) is 3.46. The maximum atomic E-state index is 11.4. The first-order chi connectivity index (χ1) is 7.56. The Morgan fingerprint density at radius 1 is 1.44 bits per heavy atom. The minimum absolute atomic E-state index is 0.0996. The Labute approximate surface area is 96.6 Å². The zero-order valence-electron chi connectivity index (χ0n) is 10.1. The van der Waals surface area contributed by atoms with Crippen molar-refractivity contribution in [2.24, 2.45) is 17.8 Å². The van der Waals surface area contributed by atoms with E-state index in [1.54, 1.807) is 0 Å². The van der Waals surface area contributed by atoms with Crippen LogP contribution in [0, 0.1) is 17.8 Å². The highest BCUT2D eigenvalue weighted by atomic mass is 16.5. The van der Waals surface area contributed by atoms with Crippen LogP contribution < -0.4 is 0 Å². The molecular formula is C12H22O4. The molecule has 1 fully saturated rings. The van der Waals surface area contributed by atoms with Gasteiger partial charge in [0.25, 0.3) is 0 Å². The van der Waals surface area contributed by atoms with Crippen LogP contribution >= 0.6 is 0 Å². The highest BCUT2D eigenvalue weighted by Crippen LogP contribution is 2.27. The van der Waals surface area contributed by atoms with Crippen LogP contribution in [0.4, 0.5) is 0 Å². The minimum atomic E-state index is -0.675. The van der Waals surface area contributed by atoms with Crippen LogP contribution in [0.2, 0.25) is 0 Å². The second-order valence-electron chi connectivity index (χ2n) is 4.99. The minimum Gasteiger partial charge on any atom is -0.465 e. The van der Waals surface area contributed by atoms with Gasteiger partial charge in [0.2, 0.25) is 0 Å². The number of rotatable bonds is 6. The van der Waals surface area contributed by atoms with Gasteiger partial charge in [-0.15, -0.1) is 0 Å². The number of carbonyl (C=O) groups is 1. The first-order valence-corrected chi connectivity index (χ1v) is 6.01. The van der Waals surface area contributed by atoms with Crippen LogP contribution in [0.15, 0.2) is 0 Å². The molecule has 1 aliphatic heterocycles. The zero-order chi connectivity index (χ0) is 12.1. The first kappa shape index (κ1) is 13.5. The highest BCUT2D eigenvalue weighted by Gasteiger charge is 2.41. The van der Waals surface area contributed by atoms with Crippen LogP contribution in [0.5, 0.6) is 0 Å². The number of ether oxygens (including phenoxy) is 1. The Hall–Kier alpha value is -0.610. The predicted molar refractivity (Wildman–Crippen MR) is 59.7 cm³/mol. The monoisotopic (exact) mass is 230 g/mol. The molecule has 1 aliphatic rings. The van der Waals surface area contributed by atoms with E-state index in [-0.39, 0.29) is 25.1 Å². The summed E-state index contributed by atoms with van der Waals surface area (Å²) in [6.07, 6.45) is 1.88. The molecule has 0 saturated carbocycles. The second-order valence-corrected chi connectivity index (χ2v) is 4.99. The van der Waals surface area contributed by atoms with Crippen molar-refractivity contribution in [1.29, 1.82) is 0 Å². The van der Waals surface area contributed by atoms with E-state index in [9.17, 15) is 9.90 Å². The zero-order valence-corrected chi connectivity index (χ0v) is 10.1. The van der Waals surface area contributed by atoms with Crippen LogP contribution in [-0.2, 0) is 9.53 Å². The van der Waals surface area contributed by atoms with E-state index >= 15 is 0 Å². The standard InChI is InChI=1S/C12H22O4/c1-8(2)4-3-5-10(14)11-9(6-13)7-16-12(11)15/h8-11,13-14H,3-7H2,1-2H3/t9-,10-,11-/m0/s1. The number of esters is 1. The van der Waals surface area contributed by atoms with Crippen LogP contribution in [0.3, 0.4) is 0 Å². The van der Waals surface area contributed by atoms with E-state index in [4.69, 9.17) is 9.84 Å². The summed E-state index contributed by atoms with van der Waals surface area (Å²) < 4.78 is 4.86. The summed E-state index contributed by atoms with van der Waals surface area (Å²) in [5.74, 6) is -0.522. The van der Waals surface area contributed by atoms with Gasteiger partial charge in [0.05, 0.1) is 25.2 Å². The van der Waals surface area contributed by atoms with E-state index in [1.165, 1.54) is 0 Å². The molecule has 0 aromatic heterocycles. The summed E-state index contributed by atoms with van der Waals surface area (Å²) in [6, 6.07) is 0. The smallest absolute Gasteiger partial charge is 0.312 e. The van der Waals surface area contributed by atoms with Gasteiger partial charge in [-0.05, 0) is 12.3 Å². The van der Waals surface area contributed by atoms with Crippen molar-refractivity contribution in [1.82, 2.24) is 0 Å². The van der Waals surface area contributed by atoms with Crippen molar-refractivity contribution in [3.8, 4) is 0 Å². The third-order valence-electron chi connectivity index (χ3n) is 3.15. The summed E-state index contributed by atoms with van der Waals surface area (Å²) in [4.78, 5) is 11.4. The van der Waals surface area contributed by atoms with Crippen molar-refractivity contribution >= 4 is 5.97 Å². The fourth-order valence-corrected chi connectivity index (χ4v) is 2.13. The van der Waals surface area contributed by atoms with Crippen LogP contribution in [-0.4, -0.2) is 35.5 Å². The summed E-state index contributed by atoms with van der Waals surface area (Å²) in [7, 11) is 0. The van der Waals surface area contributed by atoms with Crippen molar-refractivity contribution in [3.63, 3.8) is 0 Å². The fraction of sp³-hybridized carbons (Fsp3) is 0.917. The molecule has 0 bridgehead atoms. The van der Waals surface area contributed by atoms with E-state index in [0.29, 0.717) is 12.3 Å². The maximum Gasteiger partial charge on any atom is 0.312 e. The topological polar surface area (TPSA) is 66.8 Å². The maximum absolute atomic E-state index is 11.4. The lowest BCUT2D eigenvalue weighted by Crippen LogP contribution is -2.31. The molecular weight excluding hydrogens is 208 g/mol. The molecule has 0 aromatic rings. The molecule has 4 heteroatoms. The Morgan fingerprint density at radius 2 is 2.12 bits per heavy atom. The fourth-order valence-electron chi connectivity index (χ4n) is 2.13. The summed E-state index contributed by atoms with van der Waals surface area (Å²) >= 11 is 0. The number of hydrogen-bond donors (Lipinski definition) is 2. The average Bonchev–Trinajstić information content (AvgIpc) is 2.58. The summed E-state index contributed by atoms with van der Waals surface area (Å²) in [6.45, 7) is 4.40. The lowest BCUT2D eigenvalue weighted by molar-refractivity contribution is -0.144. The first-order valence-electron chi connectivity index (χ1n) is 6.01. The average molecular weight is 230 g/mol. The van der Waals surface area contributed by atoms with Crippen molar-refractivity contribution in [3.05, 3.63) is 0 Å². The molecule has 16 heavy (non-hydrogen) atoms. The van der Waals surface area contributed by atoms with Gasteiger partial charge in [0.15, 0.2) is 0 Å².